The molecule has 1 unspecified atom stereocenters. The van der Waals surface area contributed by atoms with E-state index in [-0.39, 0.29) is 73.4 Å². The van der Waals surface area contributed by atoms with Crippen molar-refractivity contribution in [1.82, 2.24) is 19.7 Å². The van der Waals surface area contributed by atoms with Gasteiger partial charge in [0.05, 0.1) is 25.8 Å². The summed E-state index contributed by atoms with van der Waals surface area (Å²) < 4.78 is 30.9. The first kappa shape index (κ1) is 35.5. The molecule has 0 radical (unpaired) electrons. The monoisotopic (exact) mass is 669 g/mol. The lowest BCUT2D eigenvalue weighted by atomic mass is 10.0. The zero-order chi connectivity index (χ0) is 34.9. The van der Waals surface area contributed by atoms with Crippen molar-refractivity contribution in [2.75, 3.05) is 50.9 Å². The number of carbonyl (C=O) groups excluding carboxylic acids is 2. The second kappa shape index (κ2) is 14.4. The summed E-state index contributed by atoms with van der Waals surface area (Å²) in [5.74, 6) is -1.72. The Kier molecular flexibility index (Phi) is 10.6. The van der Waals surface area contributed by atoms with Crippen LogP contribution in [0.15, 0.2) is 30.3 Å². The maximum absolute atomic E-state index is 14.3. The highest BCUT2D eigenvalue weighted by Crippen LogP contribution is 2.35. The molecule has 2 amide bonds. The van der Waals surface area contributed by atoms with Crippen LogP contribution in [0.1, 0.15) is 70.1 Å². The molecule has 1 N–H and O–H groups in total. The third kappa shape index (κ3) is 8.07. The molecular weight excluding hydrogens is 621 g/mol. The number of carbonyl (C=O) groups is 3. The summed E-state index contributed by atoms with van der Waals surface area (Å²) >= 11 is 0. The number of morpholine rings is 1. The number of aromatic carboxylic acids is 1. The van der Waals surface area contributed by atoms with Gasteiger partial charge in [-0.3, -0.25) is 14.6 Å². The number of anilines is 1. The third-order valence-electron chi connectivity index (χ3n) is 9.18. The molecule has 3 aliphatic rings. The summed E-state index contributed by atoms with van der Waals surface area (Å²) in [7, 11) is 0. The number of nitrogens with zero attached hydrogens (tertiary/aromatic N) is 5. The lowest BCUT2D eigenvalue weighted by Crippen LogP contribution is -2.65. The molecule has 1 aromatic heterocycles. The van der Waals surface area contributed by atoms with Crippen LogP contribution >= 0.6 is 0 Å². The molecule has 4 heterocycles. The number of hydrogen-bond donors (Lipinski definition) is 1. The molecule has 1 aromatic carbocycles. The van der Waals surface area contributed by atoms with Gasteiger partial charge in [0.2, 0.25) is 11.8 Å². The van der Waals surface area contributed by atoms with Crippen molar-refractivity contribution in [3.05, 3.63) is 53.0 Å². The normalized spacial score (nSPS) is 25.3. The second-order valence-corrected chi connectivity index (χ2v) is 14.3. The SMILES string of the molecule is C[C@@H]1CN(CC(=O)N2c3cc(Cc4ccc(F)cc4)c(C(=O)O)nc3OC[C@@H]2C)C(CN2[C@H](C)COC[C@H]2C)CN1C(=O)OC(C)(C)C. The number of aromatic nitrogens is 1. The van der Waals surface area contributed by atoms with E-state index in [9.17, 15) is 23.9 Å². The van der Waals surface area contributed by atoms with Crippen LogP contribution in [-0.4, -0.2) is 125 Å². The number of halogens is 1. The van der Waals surface area contributed by atoms with Crippen molar-refractivity contribution in [1.29, 1.82) is 0 Å². The van der Waals surface area contributed by atoms with Gasteiger partial charge in [-0.05, 0) is 84.2 Å². The molecule has 5 atom stereocenters. The van der Waals surface area contributed by atoms with Gasteiger partial charge in [-0.15, -0.1) is 0 Å². The number of ether oxygens (including phenoxy) is 3. The van der Waals surface area contributed by atoms with E-state index < -0.39 is 17.4 Å². The summed E-state index contributed by atoms with van der Waals surface area (Å²) in [6.45, 7) is 16.5. The van der Waals surface area contributed by atoms with Gasteiger partial charge >= 0.3 is 12.1 Å². The molecule has 0 bridgehead atoms. The van der Waals surface area contributed by atoms with Crippen LogP contribution in [-0.2, 0) is 20.7 Å². The smallest absolute Gasteiger partial charge is 0.410 e. The number of piperazine rings is 1. The van der Waals surface area contributed by atoms with Crippen molar-refractivity contribution >= 4 is 23.7 Å². The van der Waals surface area contributed by atoms with E-state index >= 15 is 0 Å². The lowest BCUT2D eigenvalue weighted by molar-refractivity contribution is -0.123. The molecule has 13 heteroatoms. The number of benzene rings is 1. The summed E-state index contributed by atoms with van der Waals surface area (Å²) in [6.07, 6.45) is -0.195. The average molecular weight is 670 g/mol. The maximum Gasteiger partial charge on any atom is 0.410 e. The van der Waals surface area contributed by atoms with Crippen LogP contribution in [0.4, 0.5) is 14.9 Å². The van der Waals surface area contributed by atoms with Crippen molar-refractivity contribution in [2.24, 2.45) is 0 Å². The van der Waals surface area contributed by atoms with Crippen molar-refractivity contribution in [3.8, 4) is 5.88 Å². The number of carboxylic acids is 1. The van der Waals surface area contributed by atoms with E-state index in [2.05, 4.69) is 28.6 Å². The Balaban J connectivity index is 1.43. The fourth-order valence-corrected chi connectivity index (χ4v) is 6.78. The molecule has 262 valence electrons. The van der Waals surface area contributed by atoms with E-state index in [4.69, 9.17) is 14.2 Å². The Morgan fingerprint density at radius 1 is 0.979 bits per heavy atom. The number of pyridine rings is 1. The summed E-state index contributed by atoms with van der Waals surface area (Å²) in [5.41, 5.74) is 0.663. The van der Waals surface area contributed by atoms with Crippen molar-refractivity contribution < 1.29 is 38.1 Å². The first-order valence-electron chi connectivity index (χ1n) is 16.6. The Labute approximate surface area is 281 Å². The first-order valence-corrected chi connectivity index (χ1v) is 16.6. The average Bonchev–Trinajstić information content (AvgIpc) is 2.99. The van der Waals surface area contributed by atoms with E-state index in [1.807, 2.05) is 34.6 Å². The molecule has 48 heavy (non-hydrogen) atoms. The van der Waals surface area contributed by atoms with Crippen LogP contribution in [0, 0.1) is 5.82 Å². The van der Waals surface area contributed by atoms with Gasteiger partial charge in [-0.25, -0.2) is 19.0 Å². The zero-order valence-electron chi connectivity index (χ0n) is 28.9. The van der Waals surface area contributed by atoms with E-state index in [1.165, 1.54) is 12.1 Å². The van der Waals surface area contributed by atoms with Crippen molar-refractivity contribution in [3.63, 3.8) is 0 Å². The van der Waals surface area contributed by atoms with E-state index in [1.54, 1.807) is 28.0 Å². The predicted molar refractivity (Wildman–Crippen MR) is 177 cm³/mol. The Hall–Kier alpha value is -3.81. The Bertz CT molecular complexity index is 1490. The molecule has 2 aromatic rings. The minimum Gasteiger partial charge on any atom is -0.476 e. The summed E-state index contributed by atoms with van der Waals surface area (Å²) in [4.78, 5) is 52.1. The largest absolute Gasteiger partial charge is 0.476 e. The number of carboxylic acid groups (broad SMARTS) is 1. The molecule has 2 saturated heterocycles. The molecule has 0 aliphatic carbocycles. The molecule has 3 aliphatic heterocycles. The highest BCUT2D eigenvalue weighted by Gasteiger charge is 2.41. The van der Waals surface area contributed by atoms with Gasteiger partial charge in [0.25, 0.3) is 0 Å². The van der Waals surface area contributed by atoms with Crippen LogP contribution in [0.2, 0.25) is 0 Å². The van der Waals surface area contributed by atoms with Gasteiger partial charge in [0.15, 0.2) is 5.69 Å². The van der Waals surface area contributed by atoms with Gasteiger partial charge in [-0.1, -0.05) is 12.1 Å². The van der Waals surface area contributed by atoms with Gasteiger partial charge in [0, 0.05) is 43.8 Å². The standard InChI is InChI=1S/C35H48FN5O7/c1-21-14-38(28(15-39-22(2)18-46-19-23(39)3)16-40(21)34(45)48-35(5,6)7)17-30(42)41-24(4)20-47-32-29(41)13-26(31(37-32)33(43)44)12-25-8-10-27(36)11-9-25/h8-11,13,21-24,28H,12,14-20H2,1-7H3,(H,43,44)/t21-,22-,23-,24+,28?/m1/s1. The maximum atomic E-state index is 14.3. The predicted octanol–water partition coefficient (Wildman–Crippen LogP) is 4.04. The van der Waals surface area contributed by atoms with Crippen LogP contribution in [0.5, 0.6) is 5.88 Å². The minimum absolute atomic E-state index is 0.0715. The van der Waals surface area contributed by atoms with Crippen LogP contribution in [0.25, 0.3) is 0 Å². The number of fused-ring (bicyclic) bond motifs is 1. The number of rotatable bonds is 7. The molecule has 12 nitrogen and oxygen atoms in total. The molecule has 0 saturated carbocycles. The minimum atomic E-state index is -1.22. The number of amides is 2. The van der Waals surface area contributed by atoms with Gasteiger partial charge in [0.1, 0.15) is 23.7 Å². The third-order valence-corrected chi connectivity index (χ3v) is 9.18. The molecule has 0 spiro atoms. The number of hydrogen-bond acceptors (Lipinski definition) is 9. The lowest BCUT2D eigenvalue weighted by Gasteiger charge is -2.49. The van der Waals surface area contributed by atoms with Crippen LogP contribution in [0.3, 0.4) is 0 Å². The molecule has 2 fully saturated rings. The quantitative estimate of drug-likeness (QED) is 0.462. The fraction of sp³-hybridized carbons (Fsp3) is 0.600. The second-order valence-electron chi connectivity index (χ2n) is 14.3. The highest BCUT2D eigenvalue weighted by molar-refractivity contribution is 5.98. The van der Waals surface area contributed by atoms with Crippen molar-refractivity contribution in [2.45, 2.75) is 90.7 Å². The topological polar surface area (TPSA) is 125 Å². The van der Waals surface area contributed by atoms with Gasteiger partial charge in [-0.2, -0.15) is 0 Å². The summed E-state index contributed by atoms with van der Waals surface area (Å²) in [5, 5.41) is 9.97. The van der Waals surface area contributed by atoms with Crippen LogP contribution < -0.4 is 9.64 Å². The highest BCUT2D eigenvalue weighted by atomic mass is 19.1. The molecular formula is C35H48FN5O7. The van der Waals surface area contributed by atoms with E-state index in [0.29, 0.717) is 49.7 Å². The zero-order valence-corrected chi connectivity index (χ0v) is 28.9. The Morgan fingerprint density at radius 2 is 1.65 bits per heavy atom. The first-order chi connectivity index (χ1) is 22.6. The Morgan fingerprint density at radius 3 is 2.27 bits per heavy atom. The van der Waals surface area contributed by atoms with Gasteiger partial charge < -0.3 is 29.1 Å². The summed E-state index contributed by atoms with van der Waals surface area (Å²) in [6, 6.07) is 7.09. The molecule has 5 rings (SSSR count). The fourth-order valence-electron chi connectivity index (χ4n) is 6.78. The van der Waals surface area contributed by atoms with E-state index in [0.717, 1.165) is 0 Å².